The minimum Gasteiger partial charge on any atom is -0.275 e. The summed E-state index contributed by atoms with van der Waals surface area (Å²) in [6.45, 7) is 3.89. The van der Waals surface area contributed by atoms with E-state index in [1.807, 2.05) is 0 Å². The van der Waals surface area contributed by atoms with Crippen LogP contribution in [0.4, 0.5) is 4.39 Å². The monoisotopic (exact) mass is 262 g/mol. The first-order valence-corrected chi connectivity index (χ1v) is 5.18. The van der Waals surface area contributed by atoms with Crippen LogP contribution in [0.3, 0.4) is 0 Å². The predicted molar refractivity (Wildman–Crippen MR) is 61.6 cm³/mol. The van der Waals surface area contributed by atoms with Crippen LogP contribution in [-0.2, 0) is 13.0 Å². The summed E-state index contributed by atoms with van der Waals surface area (Å²) in [5.74, 6) is 0. The van der Waals surface area contributed by atoms with Crippen LogP contribution in [0.1, 0.15) is 16.1 Å². The lowest BCUT2D eigenvalue weighted by Crippen LogP contribution is -1.97. The Morgan fingerprint density at radius 3 is 2.81 bits per heavy atom. The fourth-order valence-electron chi connectivity index (χ4n) is 1.22. The second kappa shape index (κ2) is 5.82. The highest BCUT2D eigenvalue weighted by Crippen LogP contribution is 2.23. The molecule has 3 nitrogen and oxygen atoms in total. The van der Waals surface area contributed by atoms with Crippen molar-refractivity contribution in [1.29, 1.82) is 0 Å². The molecule has 0 saturated heterocycles. The van der Waals surface area contributed by atoms with Gasteiger partial charge in [-0.05, 0) is 11.6 Å². The molecular formula is C10H9Cl2FN2O. The maximum Gasteiger partial charge on any atom is 0.257 e. The molecule has 0 aliphatic heterocycles. The van der Waals surface area contributed by atoms with Crippen molar-refractivity contribution in [2.24, 2.45) is 0 Å². The average Bonchev–Trinajstić information content (AvgIpc) is 2.53. The van der Waals surface area contributed by atoms with E-state index in [1.165, 1.54) is 10.8 Å². The predicted octanol–water partition coefficient (Wildman–Crippen LogP) is 3.13. The van der Waals surface area contributed by atoms with Gasteiger partial charge in [-0.25, -0.2) is 9.07 Å². The lowest BCUT2D eigenvalue weighted by molar-refractivity contribution is 0.108. The Bertz CT molecular complexity index is 440. The molecular weight excluding hydrogens is 254 g/mol. The summed E-state index contributed by atoms with van der Waals surface area (Å²) in [5.41, 5.74) is 0.462. The highest BCUT2D eigenvalue weighted by atomic mass is 35.5. The molecule has 86 valence electrons. The molecule has 0 aromatic carbocycles. The van der Waals surface area contributed by atoms with Crippen LogP contribution in [0.5, 0.6) is 0 Å². The molecule has 0 aliphatic carbocycles. The molecule has 0 fully saturated rings. The Balaban J connectivity index is 3.19. The smallest absolute Gasteiger partial charge is 0.257 e. The van der Waals surface area contributed by atoms with Crippen molar-refractivity contribution >= 4 is 28.4 Å². The van der Waals surface area contributed by atoms with Gasteiger partial charge in [-0.2, -0.15) is 5.10 Å². The van der Waals surface area contributed by atoms with E-state index in [1.54, 1.807) is 6.08 Å². The number of allylic oxidation sites excluding steroid dienone is 2. The van der Waals surface area contributed by atoms with E-state index in [-0.39, 0.29) is 17.1 Å². The van der Waals surface area contributed by atoms with Gasteiger partial charge in [0.1, 0.15) is 5.15 Å². The number of carbonyl (C=O) groups is 1. The molecule has 0 amide bonds. The van der Waals surface area contributed by atoms with Crippen molar-refractivity contribution in [2.75, 3.05) is 0 Å². The van der Waals surface area contributed by atoms with Gasteiger partial charge in [0.2, 0.25) is 0 Å². The van der Waals surface area contributed by atoms with E-state index in [2.05, 4.69) is 11.7 Å². The lowest BCUT2D eigenvalue weighted by Gasteiger charge is -1.96. The van der Waals surface area contributed by atoms with Crippen LogP contribution >= 0.6 is 23.2 Å². The van der Waals surface area contributed by atoms with Crippen LogP contribution in [0.15, 0.2) is 25.1 Å². The molecule has 0 aliphatic rings. The van der Waals surface area contributed by atoms with Crippen LogP contribution in [0.25, 0.3) is 0 Å². The third kappa shape index (κ3) is 2.71. The first-order valence-electron chi connectivity index (χ1n) is 4.43. The summed E-state index contributed by atoms with van der Waals surface area (Å²) in [5, 5.41) is 3.48. The molecule has 1 aromatic heterocycles. The number of hydrogen-bond donors (Lipinski definition) is 0. The minimum absolute atomic E-state index is 0.114. The van der Waals surface area contributed by atoms with E-state index in [0.29, 0.717) is 18.6 Å². The van der Waals surface area contributed by atoms with Crippen molar-refractivity contribution < 1.29 is 9.18 Å². The van der Waals surface area contributed by atoms with Gasteiger partial charge in [0.25, 0.3) is 5.24 Å². The Kier molecular flexibility index (Phi) is 4.71. The topological polar surface area (TPSA) is 34.9 Å². The first kappa shape index (κ1) is 12.9. The molecule has 0 radical (unpaired) electrons. The molecule has 0 unspecified atom stereocenters. The third-order valence-corrected chi connectivity index (χ3v) is 2.43. The summed E-state index contributed by atoms with van der Waals surface area (Å²) in [7, 11) is 0. The number of halogens is 3. The lowest BCUT2D eigenvalue weighted by atomic mass is 10.2. The summed E-state index contributed by atoms with van der Waals surface area (Å²) in [6.07, 6.45) is 3.34. The van der Waals surface area contributed by atoms with Gasteiger partial charge in [-0.1, -0.05) is 23.8 Å². The molecule has 0 spiro atoms. The van der Waals surface area contributed by atoms with E-state index < -0.39 is 5.24 Å². The van der Waals surface area contributed by atoms with Crippen molar-refractivity contribution in [3.05, 3.63) is 41.5 Å². The van der Waals surface area contributed by atoms with Crippen molar-refractivity contribution in [3.8, 4) is 0 Å². The molecule has 16 heavy (non-hydrogen) atoms. The Morgan fingerprint density at radius 2 is 2.31 bits per heavy atom. The Morgan fingerprint density at radius 1 is 1.62 bits per heavy atom. The molecule has 1 rings (SSSR count). The van der Waals surface area contributed by atoms with E-state index in [0.717, 1.165) is 0 Å². The van der Waals surface area contributed by atoms with Crippen molar-refractivity contribution in [1.82, 2.24) is 9.78 Å². The first-order chi connectivity index (χ1) is 7.61. The van der Waals surface area contributed by atoms with Crippen LogP contribution in [-0.4, -0.2) is 15.0 Å². The Labute approximate surface area is 102 Å². The van der Waals surface area contributed by atoms with Crippen molar-refractivity contribution in [2.45, 2.75) is 13.0 Å². The van der Waals surface area contributed by atoms with Gasteiger partial charge in [0, 0.05) is 6.42 Å². The third-order valence-electron chi connectivity index (χ3n) is 1.86. The zero-order valence-electron chi connectivity index (χ0n) is 8.29. The van der Waals surface area contributed by atoms with E-state index >= 15 is 0 Å². The maximum atomic E-state index is 11.9. The molecule has 6 heteroatoms. The van der Waals surface area contributed by atoms with Crippen LogP contribution in [0, 0.1) is 0 Å². The van der Waals surface area contributed by atoms with Crippen molar-refractivity contribution in [3.63, 3.8) is 0 Å². The molecule has 0 atom stereocenters. The highest BCUT2D eigenvalue weighted by molar-refractivity contribution is 6.68. The van der Waals surface area contributed by atoms with Gasteiger partial charge in [-0.15, -0.1) is 6.58 Å². The fraction of sp³-hybridized carbons (Fsp3) is 0.200. The number of carbonyl (C=O) groups excluding carboxylic acids is 1. The van der Waals surface area contributed by atoms with Gasteiger partial charge in [-0.3, -0.25) is 4.79 Å². The summed E-state index contributed by atoms with van der Waals surface area (Å²) >= 11 is 11.3. The minimum atomic E-state index is -0.706. The maximum absolute atomic E-state index is 11.9. The number of rotatable bonds is 5. The molecule has 1 aromatic rings. The zero-order valence-corrected chi connectivity index (χ0v) is 9.80. The normalized spacial score (nSPS) is 10.9. The quantitative estimate of drug-likeness (QED) is 0.604. The van der Waals surface area contributed by atoms with Gasteiger partial charge < -0.3 is 0 Å². The van der Waals surface area contributed by atoms with Gasteiger partial charge >= 0.3 is 0 Å². The summed E-state index contributed by atoms with van der Waals surface area (Å²) < 4.78 is 13.3. The second-order valence-corrected chi connectivity index (χ2v) is 3.62. The molecule has 0 saturated carbocycles. The standard InChI is InChI=1S/C10H9Cl2FN2O/c1-2-6-15-9(11)8(10(12)16)7(14-15)4-3-5-13/h2-3,5H,1,4,6H2. The van der Waals surface area contributed by atoms with E-state index in [4.69, 9.17) is 23.2 Å². The SMILES string of the molecule is C=CCn1nc(CC=CF)c(C(=O)Cl)c1Cl. The van der Waals surface area contributed by atoms with Gasteiger partial charge in [0.05, 0.1) is 24.1 Å². The number of nitrogens with zero attached hydrogens (tertiary/aromatic N) is 2. The largest absolute Gasteiger partial charge is 0.275 e. The Hall–Kier alpha value is -1.13. The summed E-state index contributed by atoms with van der Waals surface area (Å²) in [4.78, 5) is 11.2. The van der Waals surface area contributed by atoms with E-state index in [9.17, 15) is 9.18 Å². The highest BCUT2D eigenvalue weighted by Gasteiger charge is 2.19. The zero-order chi connectivity index (χ0) is 12.1. The molecule has 0 bridgehead atoms. The summed E-state index contributed by atoms with van der Waals surface area (Å²) in [6, 6.07) is 0. The number of hydrogen-bond acceptors (Lipinski definition) is 2. The second-order valence-electron chi connectivity index (χ2n) is 2.92. The fourth-order valence-corrected chi connectivity index (χ4v) is 1.77. The molecule has 1 heterocycles. The average molecular weight is 263 g/mol. The van der Waals surface area contributed by atoms with Crippen LogP contribution in [0.2, 0.25) is 5.15 Å². The number of aromatic nitrogens is 2. The molecule has 0 N–H and O–H groups in total. The van der Waals surface area contributed by atoms with Gasteiger partial charge in [0.15, 0.2) is 0 Å². The van der Waals surface area contributed by atoms with Crippen LogP contribution < -0.4 is 0 Å².